The zero-order valence-electron chi connectivity index (χ0n) is 17.1. The number of hydrogen-bond donors (Lipinski definition) is 0. The van der Waals surface area contributed by atoms with Gasteiger partial charge in [0.15, 0.2) is 6.10 Å². The molecule has 4 rings (SSSR count). The van der Waals surface area contributed by atoms with Gasteiger partial charge in [-0.25, -0.2) is 4.98 Å². The number of nitrogens with zero attached hydrogens (tertiary/aromatic N) is 2. The predicted molar refractivity (Wildman–Crippen MR) is 116 cm³/mol. The highest BCUT2D eigenvalue weighted by atomic mass is 32.1. The lowest BCUT2D eigenvalue weighted by atomic mass is 10.1. The molecule has 5 nitrogen and oxygen atoms in total. The summed E-state index contributed by atoms with van der Waals surface area (Å²) in [5, 5.41) is 1.03. The second-order valence-electron chi connectivity index (χ2n) is 7.23. The smallest absolute Gasteiger partial charge is 0.267 e. The number of thiazole rings is 1. The maximum absolute atomic E-state index is 12.8. The summed E-state index contributed by atoms with van der Waals surface area (Å²) >= 11 is 1.67. The van der Waals surface area contributed by atoms with E-state index in [4.69, 9.17) is 9.47 Å². The second kappa shape index (κ2) is 7.87. The summed E-state index contributed by atoms with van der Waals surface area (Å²) in [5.41, 5.74) is 3.89. The topological polar surface area (TPSA) is 51.7 Å². The Bertz CT molecular complexity index is 1040. The van der Waals surface area contributed by atoms with Crippen LogP contribution in [0, 0.1) is 20.8 Å². The second-order valence-corrected chi connectivity index (χ2v) is 8.64. The van der Waals surface area contributed by atoms with Crippen molar-refractivity contribution in [3.05, 3.63) is 57.9 Å². The standard InChI is InChI=1S/C23H24N2O3S/c1-14-5-8-19(9-6-14)27-12-11-25-20-13-18(22-16(3)29-17(4)24-22)7-10-21(20)28-15(2)23(25)26/h5-10,13,15H,11-12H2,1-4H3. The van der Waals surface area contributed by atoms with E-state index in [1.54, 1.807) is 23.2 Å². The van der Waals surface area contributed by atoms with E-state index in [2.05, 4.69) is 11.9 Å². The lowest BCUT2D eigenvalue weighted by molar-refractivity contribution is -0.125. The van der Waals surface area contributed by atoms with Crippen LogP contribution < -0.4 is 14.4 Å². The van der Waals surface area contributed by atoms with Gasteiger partial charge in [0.25, 0.3) is 5.91 Å². The number of ether oxygens (including phenoxy) is 2. The summed E-state index contributed by atoms with van der Waals surface area (Å²) in [4.78, 5) is 20.4. The van der Waals surface area contributed by atoms with E-state index in [0.717, 1.165) is 32.6 Å². The summed E-state index contributed by atoms with van der Waals surface area (Å²) in [6.07, 6.45) is -0.518. The molecule has 1 aliphatic heterocycles. The number of rotatable bonds is 5. The van der Waals surface area contributed by atoms with Gasteiger partial charge in [0.05, 0.1) is 22.9 Å². The average Bonchev–Trinajstić information content (AvgIpc) is 3.04. The summed E-state index contributed by atoms with van der Waals surface area (Å²) in [6.45, 7) is 8.74. The summed E-state index contributed by atoms with van der Waals surface area (Å²) in [5.74, 6) is 1.45. The SMILES string of the molecule is Cc1ccc(OCCN2C(=O)C(C)Oc3ccc(-c4nc(C)sc4C)cc32)cc1. The minimum absolute atomic E-state index is 0.0617. The maximum atomic E-state index is 12.8. The lowest BCUT2D eigenvalue weighted by Crippen LogP contribution is -2.46. The van der Waals surface area contributed by atoms with Gasteiger partial charge in [-0.2, -0.15) is 0 Å². The van der Waals surface area contributed by atoms with Gasteiger partial charge in [0.1, 0.15) is 18.1 Å². The van der Waals surface area contributed by atoms with Gasteiger partial charge in [0.2, 0.25) is 0 Å². The third-order valence-electron chi connectivity index (χ3n) is 4.95. The molecule has 0 saturated heterocycles. The van der Waals surface area contributed by atoms with Gasteiger partial charge < -0.3 is 14.4 Å². The molecule has 6 heteroatoms. The molecule has 1 aromatic heterocycles. The van der Waals surface area contributed by atoms with Crippen molar-refractivity contribution in [1.29, 1.82) is 0 Å². The minimum atomic E-state index is -0.518. The van der Waals surface area contributed by atoms with Gasteiger partial charge in [-0.05, 0) is 58.0 Å². The van der Waals surface area contributed by atoms with E-state index in [-0.39, 0.29) is 5.91 Å². The van der Waals surface area contributed by atoms with Gasteiger partial charge in [-0.3, -0.25) is 4.79 Å². The number of amides is 1. The first-order chi connectivity index (χ1) is 13.9. The van der Waals surface area contributed by atoms with Gasteiger partial charge in [-0.15, -0.1) is 11.3 Å². The highest BCUT2D eigenvalue weighted by molar-refractivity contribution is 7.11. The van der Waals surface area contributed by atoms with Crippen LogP contribution in [0.5, 0.6) is 11.5 Å². The fraction of sp³-hybridized carbons (Fsp3) is 0.304. The summed E-state index contributed by atoms with van der Waals surface area (Å²) in [7, 11) is 0. The third-order valence-corrected chi connectivity index (χ3v) is 5.84. The van der Waals surface area contributed by atoms with Crippen molar-refractivity contribution in [2.24, 2.45) is 0 Å². The molecule has 1 amide bonds. The molecule has 0 bridgehead atoms. The number of fused-ring (bicyclic) bond motifs is 1. The Kier molecular flexibility index (Phi) is 5.28. The molecule has 0 radical (unpaired) electrons. The molecule has 150 valence electrons. The molecule has 0 N–H and O–H groups in total. The molecule has 0 fully saturated rings. The Morgan fingerprint density at radius 2 is 1.90 bits per heavy atom. The van der Waals surface area contributed by atoms with Crippen molar-refractivity contribution in [3.63, 3.8) is 0 Å². The van der Waals surface area contributed by atoms with E-state index in [1.165, 1.54) is 5.56 Å². The van der Waals surface area contributed by atoms with Crippen LogP contribution in [-0.2, 0) is 4.79 Å². The van der Waals surface area contributed by atoms with Crippen LogP contribution in [0.25, 0.3) is 11.3 Å². The van der Waals surface area contributed by atoms with Gasteiger partial charge in [-0.1, -0.05) is 17.7 Å². The number of carbonyl (C=O) groups excluding carboxylic acids is 1. The largest absolute Gasteiger partial charge is 0.492 e. The Hall–Kier alpha value is -2.86. The van der Waals surface area contributed by atoms with Crippen molar-refractivity contribution >= 4 is 22.9 Å². The monoisotopic (exact) mass is 408 g/mol. The van der Waals surface area contributed by atoms with Crippen LogP contribution in [0.15, 0.2) is 42.5 Å². The fourth-order valence-electron chi connectivity index (χ4n) is 3.47. The number of hydrogen-bond acceptors (Lipinski definition) is 5. The van der Waals surface area contributed by atoms with E-state index in [0.29, 0.717) is 18.9 Å². The normalized spacial score (nSPS) is 15.8. The zero-order valence-corrected chi connectivity index (χ0v) is 17.9. The first kappa shape index (κ1) is 19.5. The van der Waals surface area contributed by atoms with Crippen LogP contribution >= 0.6 is 11.3 Å². The van der Waals surface area contributed by atoms with Crippen molar-refractivity contribution < 1.29 is 14.3 Å². The van der Waals surface area contributed by atoms with Crippen LogP contribution in [0.3, 0.4) is 0 Å². The zero-order chi connectivity index (χ0) is 20.5. The molecule has 1 unspecified atom stereocenters. The molecule has 1 atom stereocenters. The number of carbonyl (C=O) groups is 1. The average molecular weight is 409 g/mol. The number of aryl methyl sites for hydroxylation is 3. The molecule has 2 aromatic carbocycles. The molecule has 3 aromatic rings. The Morgan fingerprint density at radius 3 is 2.59 bits per heavy atom. The number of anilines is 1. The molecule has 0 saturated carbocycles. The predicted octanol–water partition coefficient (Wildman–Crippen LogP) is 4.93. The molecule has 29 heavy (non-hydrogen) atoms. The Morgan fingerprint density at radius 1 is 1.14 bits per heavy atom. The molecular weight excluding hydrogens is 384 g/mol. The summed E-state index contributed by atoms with van der Waals surface area (Å²) < 4.78 is 11.7. The first-order valence-corrected chi connectivity index (χ1v) is 10.5. The maximum Gasteiger partial charge on any atom is 0.267 e. The van der Waals surface area contributed by atoms with Crippen molar-refractivity contribution in [1.82, 2.24) is 4.98 Å². The van der Waals surface area contributed by atoms with Crippen molar-refractivity contribution in [3.8, 4) is 22.8 Å². The Labute approximate surface area is 174 Å². The van der Waals surface area contributed by atoms with E-state index < -0.39 is 6.10 Å². The Balaban J connectivity index is 1.58. The summed E-state index contributed by atoms with van der Waals surface area (Å²) in [6, 6.07) is 13.8. The van der Waals surface area contributed by atoms with E-state index in [1.807, 2.05) is 56.3 Å². The number of aromatic nitrogens is 1. The van der Waals surface area contributed by atoms with Gasteiger partial charge in [0, 0.05) is 10.4 Å². The molecule has 0 spiro atoms. The van der Waals surface area contributed by atoms with Crippen molar-refractivity contribution in [2.75, 3.05) is 18.1 Å². The third kappa shape index (κ3) is 3.98. The van der Waals surface area contributed by atoms with Crippen LogP contribution in [0.2, 0.25) is 0 Å². The van der Waals surface area contributed by atoms with Crippen LogP contribution in [0.1, 0.15) is 22.4 Å². The lowest BCUT2D eigenvalue weighted by Gasteiger charge is -2.33. The molecule has 2 heterocycles. The van der Waals surface area contributed by atoms with Crippen LogP contribution in [-0.4, -0.2) is 30.1 Å². The highest BCUT2D eigenvalue weighted by Crippen LogP contribution is 2.38. The highest BCUT2D eigenvalue weighted by Gasteiger charge is 2.32. The molecule has 1 aliphatic rings. The molecule has 0 aliphatic carbocycles. The van der Waals surface area contributed by atoms with Crippen molar-refractivity contribution in [2.45, 2.75) is 33.8 Å². The first-order valence-electron chi connectivity index (χ1n) is 9.68. The fourth-order valence-corrected chi connectivity index (χ4v) is 4.31. The molecular formula is C23H24N2O3S. The number of benzene rings is 2. The van der Waals surface area contributed by atoms with E-state index >= 15 is 0 Å². The van der Waals surface area contributed by atoms with Gasteiger partial charge >= 0.3 is 0 Å². The van der Waals surface area contributed by atoms with Crippen LogP contribution in [0.4, 0.5) is 5.69 Å². The van der Waals surface area contributed by atoms with E-state index in [9.17, 15) is 4.79 Å². The quantitative estimate of drug-likeness (QED) is 0.601. The minimum Gasteiger partial charge on any atom is -0.492 e.